The third kappa shape index (κ3) is 3.99. The highest BCUT2D eigenvalue weighted by molar-refractivity contribution is 7.98. The van der Waals surface area contributed by atoms with E-state index in [0.29, 0.717) is 33.3 Å². The molecule has 0 saturated carbocycles. The van der Waals surface area contributed by atoms with Crippen LogP contribution in [0.15, 0.2) is 39.0 Å². The van der Waals surface area contributed by atoms with Crippen LogP contribution in [0.2, 0.25) is 0 Å². The number of benzene rings is 1. The van der Waals surface area contributed by atoms with Crippen LogP contribution >= 0.6 is 11.8 Å². The summed E-state index contributed by atoms with van der Waals surface area (Å²) in [5.41, 5.74) is 1.30. The van der Waals surface area contributed by atoms with Crippen LogP contribution in [0.25, 0.3) is 10.9 Å². The van der Waals surface area contributed by atoms with Crippen LogP contribution in [0.3, 0.4) is 0 Å². The molecule has 0 aliphatic heterocycles. The summed E-state index contributed by atoms with van der Waals surface area (Å²) >= 11 is 1.21. The molecule has 0 aliphatic rings. The van der Waals surface area contributed by atoms with Gasteiger partial charge in [-0.1, -0.05) is 23.9 Å². The Balaban J connectivity index is 1.84. The summed E-state index contributed by atoms with van der Waals surface area (Å²) in [5.74, 6) is 0.308. The number of aromatic amines is 2. The number of hydrogen-bond acceptors (Lipinski definition) is 7. The molecular weight excluding hydrogens is 356 g/mol. The summed E-state index contributed by atoms with van der Waals surface area (Å²) in [6, 6.07) is 6.67. The molecule has 3 aromatic rings. The van der Waals surface area contributed by atoms with Gasteiger partial charge >= 0.3 is 5.97 Å². The molecule has 0 aliphatic carbocycles. The Bertz CT molecular complexity index is 1090. The largest absolute Gasteiger partial charge is 0.469 e. The van der Waals surface area contributed by atoms with Gasteiger partial charge in [0.1, 0.15) is 5.82 Å². The zero-order valence-corrected chi connectivity index (χ0v) is 15.0. The molecule has 2 aromatic heterocycles. The maximum atomic E-state index is 12.2. The number of methoxy groups -OCH3 is 1. The minimum absolute atomic E-state index is 0.0851. The first kappa shape index (κ1) is 17.9. The van der Waals surface area contributed by atoms with Crippen molar-refractivity contribution in [3.05, 3.63) is 62.1 Å². The van der Waals surface area contributed by atoms with Crippen LogP contribution in [0, 0.1) is 6.92 Å². The van der Waals surface area contributed by atoms with Crippen molar-refractivity contribution in [3.63, 3.8) is 0 Å². The third-order valence-corrected chi connectivity index (χ3v) is 4.54. The van der Waals surface area contributed by atoms with Gasteiger partial charge in [0.05, 0.1) is 35.9 Å². The Morgan fingerprint density at radius 2 is 2.04 bits per heavy atom. The zero-order chi connectivity index (χ0) is 18.7. The Kier molecular flexibility index (Phi) is 5.17. The molecule has 134 valence electrons. The van der Waals surface area contributed by atoms with Crippen molar-refractivity contribution in [1.29, 1.82) is 0 Å². The maximum absolute atomic E-state index is 12.2. The molecule has 3 rings (SSSR count). The SMILES string of the molecule is COC(=O)Cc1cc(=O)[nH]c(SCc2nc3c(C)cccc3c(=O)[nH]2)n1. The number of carbonyl (C=O) groups excluding carboxylic acids is 1. The number of esters is 1. The number of thioether (sulfide) groups is 1. The molecule has 0 fully saturated rings. The minimum Gasteiger partial charge on any atom is -0.469 e. The van der Waals surface area contributed by atoms with Gasteiger partial charge < -0.3 is 14.7 Å². The summed E-state index contributed by atoms with van der Waals surface area (Å²) in [7, 11) is 1.27. The Hall–Kier alpha value is -2.94. The molecule has 0 saturated heterocycles. The highest BCUT2D eigenvalue weighted by atomic mass is 32.2. The van der Waals surface area contributed by atoms with Gasteiger partial charge in [0, 0.05) is 6.07 Å². The van der Waals surface area contributed by atoms with Crippen LogP contribution in [-0.2, 0) is 21.7 Å². The van der Waals surface area contributed by atoms with E-state index < -0.39 is 5.97 Å². The number of fused-ring (bicyclic) bond motifs is 1. The molecule has 2 heterocycles. The molecule has 0 spiro atoms. The Morgan fingerprint density at radius 3 is 2.81 bits per heavy atom. The summed E-state index contributed by atoms with van der Waals surface area (Å²) < 4.78 is 4.58. The van der Waals surface area contributed by atoms with Crippen LogP contribution in [0.4, 0.5) is 0 Å². The summed E-state index contributed by atoms with van der Waals surface area (Å²) in [4.78, 5) is 49.3. The van der Waals surface area contributed by atoms with E-state index in [1.807, 2.05) is 19.1 Å². The van der Waals surface area contributed by atoms with Crippen LogP contribution in [0.5, 0.6) is 0 Å². The highest BCUT2D eigenvalue weighted by Gasteiger charge is 2.10. The standard InChI is InChI=1S/C17H16N4O4S/c1-9-4-3-5-11-15(9)19-12(20-16(11)24)8-26-17-18-10(6-13(22)21-17)7-14(23)25-2/h3-6H,7-8H2,1-2H3,(H,18,21,22)(H,19,20,24). The van der Waals surface area contributed by atoms with Gasteiger partial charge in [0.25, 0.3) is 11.1 Å². The minimum atomic E-state index is -0.477. The molecule has 26 heavy (non-hydrogen) atoms. The molecule has 0 radical (unpaired) electrons. The van der Waals surface area contributed by atoms with Crippen molar-refractivity contribution < 1.29 is 9.53 Å². The normalized spacial score (nSPS) is 10.8. The number of H-pyrrole nitrogens is 2. The molecule has 0 amide bonds. The van der Waals surface area contributed by atoms with Crippen LogP contribution in [0.1, 0.15) is 17.1 Å². The van der Waals surface area contributed by atoms with Crippen molar-refractivity contribution in [2.24, 2.45) is 0 Å². The summed E-state index contributed by atoms with van der Waals surface area (Å²) in [5, 5.41) is 0.870. The van der Waals surface area contributed by atoms with Crippen molar-refractivity contribution in [3.8, 4) is 0 Å². The lowest BCUT2D eigenvalue weighted by Gasteiger charge is -2.06. The van der Waals surface area contributed by atoms with Gasteiger partial charge in [-0.05, 0) is 18.6 Å². The molecule has 0 atom stereocenters. The maximum Gasteiger partial charge on any atom is 0.311 e. The van der Waals surface area contributed by atoms with E-state index in [2.05, 4.69) is 24.7 Å². The first-order chi connectivity index (χ1) is 12.5. The average Bonchev–Trinajstić information content (AvgIpc) is 2.60. The van der Waals surface area contributed by atoms with Gasteiger partial charge in [-0.15, -0.1) is 0 Å². The second kappa shape index (κ2) is 7.52. The van der Waals surface area contributed by atoms with E-state index in [0.717, 1.165) is 5.56 Å². The van der Waals surface area contributed by atoms with Crippen LogP contribution in [-0.4, -0.2) is 33.0 Å². The summed E-state index contributed by atoms with van der Waals surface area (Å²) in [6.07, 6.45) is -0.0851. The number of aryl methyl sites for hydroxylation is 1. The number of ether oxygens (including phenoxy) is 1. The van der Waals surface area contributed by atoms with E-state index >= 15 is 0 Å². The second-order valence-electron chi connectivity index (χ2n) is 5.57. The van der Waals surface area contributed by atoms with Crippen LogP contribution < -0.4 is 11.1 Å². The monoisotopic (exact) mass is 372 g/mol. The van der Waals surface area contributed by atoms with E-state index in [4.69, 9.17) is 0 Å². The third-order valence-electron chi connectivity index (χ3n) is 3.66. The van der Waals surface area contributed by atoms with E-state index in [1.165, 1.54) is 24.9 Å². The van der Waals surface area contributed by atoms with E-state index in [1.54, 1.807) is 6.07 Å². The second-order valence-corrected chi connectivity index (χ2v) is 6.53. The zero-order valence-electron chi connectivity index (χ0n) is 14.2. The van der Waals surface area contributed by atoms with Gasteiger partial charge in [-0.3, -0.25) is 14.4 Å². The molecule has 0 unspecified atom stereocenters. The fourth-order valence-corrected chi connectivity index (χ4v) is 3.18. The lowest BCUT2D eigenvalue weighted by molar-refractivity contribution is -0.139. The number of aromatic nitrogens is 4. The number of para-hydroxylation sites is 1. The topological polar surface area (TPSA) is 118 Å². The van der Waals surface area contributed by atoms with Crippen molar-refractivity contribution in [2.75, 3.05) is 7.11 Å². The molecule has 2 N–H and O–H groups in total. The number of rotatable bonds is 5. The number of hydrogen-bond donors (Lipinski definition) is 2. The number of nitrogens with zero attached hydrogens (tertiary/aromatic N) is 2. The van der Waals surface area contributed by atoms with Gasteiger partial charge in [0.2, 0.25) is 0 Å². The van der Waals surface area contributed by atoms with Crippen molar-refractivity contribution in [2.45, 2.75) is 24.3 Å². The predicted molar refractivity (Wildman–Crippen MR) is 97.2 cm³/mol. The smallest absolute Gasteiger partial charge is 0.311 e. The fraction of sp³-hybridized carbons (Fsp3) is 0.235. The highest BCUT2D eigenvalue weighted by Crippen LogP contribution is 2.18. The predicted octanol–water partition coefficient (Wildman–Crippen LogP) is 1.32. The van der Waals surface area contributed by atoms with Crippen molar-refractivity contribution >= 4 is 28.6 Å². The van der Waals surface area contributed by atoms with Gasteiger partial charge in [-0.2, -0.15) is 0 Å². The molecular formula is C17H16N4O4S. The van der Waals surface area contributed by atoms with E-state index in [9.17, 15) is 14.4 Å². The lowest BCUT2D eigenvalue weighted by Crippen LogP contribution is -2.14. The van der Waals surface area contributed by atoms with Gasteiger partial charge in [-0.25, -0.2) is 9.97 Å². The summed E-state index contributed by atoms with van der Waals surface area (Å²) in [6.45, 7) is 1.89. The molecule has 1 aromatic carbocycles. The first-order valence-corrected chi connectivity index (χ1v) is 8.73. The fourth-order valence-electron chi connectivity index (χ4n) is 2.42. The lowest BCUT2D eigenvalue weighted by atomic mass is 10.1. The number of carbonyl (C=O) groups is 1. The van der Waals surface area contributed by atoms with Gasteiger partial charge in [0.15, 0.2) is 5.16 Å². The van der Waals surface area contributed by atoms with Crippen molar-refractivity contribution in [1.82, 2.24) is 19.9 Å². The Morgan fingerprint density at radius 1 is 1.23 bits per heavy atom. The molecule has 9 heteroatoms. The quantitative estimate of drug-likeness (QED) is 0.394. The average molecular weight is 372 g/mol. The van der Waals surface area contributed by atoms with E-state index in [-0.39, 0.29) is 17.5 Å². The molecule has 8 nitrogen and oxygen atoms in total. The number of nitrogens with one attached hydrogen (secondary N) is 2. The molecule has 0 bridgehead atoms. The Labute approximate surface area is 152 Å². The first-order valence-electron chi connectivity index (χ1n) is 7.74.